The summed E-state index contributed by atoms with van der Waals surface area (Å²) in [7, 11) is 0. The number of esters is 1. The molecule has 0 spiro atoms. The van der Waals surface area contributed by atoms with E-state index in [1.165, 1.54) is 0 Å². The molecule has 1 saturated heterocycles. The van der Waals surface area contributed by atoms with Crippen LogP contribution >= 0.6 is 0 Å². The van der Waals surface area contributed by atoms with Gasteiger partial charge in [-0.1, -0.05) is 18.2 Å². The molecule has 0 aromatic heterocycles. The Labute approximate surface area is 156 Å². The van der Waals surface area contributed by atoms with Gasteiger partial charge in [-0.05, 0) is 52.7 Å². The molecule has 1 aromatic rings. The first kappa shape index (κ1) is 20.1. The maximum absolute atomic E-state index is 12.2. The van der Waals surface area contributed by atoms with Gasteiger partial charge in [-0.25, -0.2) is 4.79 Å². The number of likely N-dealkylation sites (tertiary alicyclic amines) is 1. The second-order valence-electron chi connectivity index (χ2n) is 7.47. The lowest BCUT2D eigenvalue weighted by molar-refractivity contribution is -0.141. The minimum absolute atomic E-state index is 0.181. The van der Waals surface area contributed by atoms with Gasteiger partial charge in [0.05, 0.1) is 6.61 Å². The highest BCUT2D eigenvalue weighted by Gasteiger charge is 2.30. The van der Waals surface area contributed by atoms with Crippen molar-refractivity contribution in [3.05, 3.63) is 30.3 Å². The second kappa shape index (κ2) is 8.92. The summed E-state index contributed by atoms with van der Waals surface area (Å²) in [6.45, 7) is 9.24. The van der Waals surface area contributed by atoms with E-state index in [2.05, 4.69) is 4.90 Å². The van der Waals surface area contributed by atoms with E-state index in [0.717, 1.165) is 18.5 Å². The van der Waals surface area contributed by atoms with E-state index < -0.39 is 5.60 Å². The van der Waals surface area contributed by atoms with Gasteiger partial charge in [0.2, 0.25) is 0 Å². The predicted octanol–water partition coefficient (Wildman–Crippen LogP) is 3.46. The highest BCUT2D eigenvalue weighted by atomic mass is 16.6. The van der Waals surface area contributed by atoms with Crippen LogP contribution in [0.2, 0.25) is 0 Å². The zero-order chi connectivity index (χ0) is 19.2. The monoisotopic (exact) mass is 362 g/mol. The molecule has 1 aliphatic rings. The van der Waals surface area contributed by atoms with Gasteiger partial charge in [0.1, 0.15) is 12.1 Å². The summed E-state index contributed by atoms with van der Waals surface area (Å²) in [4.78, 5) is 28.1. The minimum atomic E-state index is -0.492. The molecule has 26 heavy (non-hydrogen) atoms. The smallest absolute Gasteiger partial charge is 0.410 e. The number of ether oxygens (including phenoxy) is 2. The minimum Gasteiger partial charge on any atom is -0.465 e. The molecular weight excluding hydrogens is 332 g/mol. The molecule has 0 saturated carbocycles. The molecule has 0 bridgehead atoms. The maximum Gasteiger partial charge on any atom is 0.410 e. The number of nitrogens with zero attached hydrogens (tertiary/aromatic N) is 2. The molecule has 1 fully saturated rings. The molecule has 1 aromatic carbocycles. The van der Waals surface area contributed by atoms with Crippen LogP contribution in [0.1, 0.15) is 40.5 Å². The van der Waals surface area contributed by atoms with Crippen LogP contribution in [0.15, 0.2) is 30.3 Å². The number of anilines is 1. The summed E-state index contributed by atoms with van der Waals surface area (Å²) < 4.78 is 10.6. The molecule has 0 radical (unpaired) electrons. The van der Waals surface area contributed by atoms with E-state index in [9.17, 15) is 9.59 Å². The van der Waals surface area contributed by atoms with Gasteiger partial charge < -0.3 is 19.3 Å². The molecule has 1 heterocycles. The Morgan fingerprint density at radius 1 is 1.15 bits per heavy atom. The summed E-state index contributed by atoms with van der Waals surface area (Å²) in [6, 6.07) is 10.1. The average molecular weight is 362 g/mol. The summed E-state index contributed by atoms with van der Waals surface area (Å²) in [5.41, 5.74) is 0.504. The quantitative estimate of drug-likeness (QED) is 0.751. The zero-order valence-electron chi connectivity index (χ0n) is 16.2. The maximum atomic E-state index is 12.2. The molecule has 1 aliphatic heterocycles. The Morgan fingerprint density at radius 3 is 2.31 bits per heavy atom. The first-order chi connectivity index (χ1) is 12.3. The van der Waals surface area contributed by atoms with Crippen molar-refractivity contribution < 1.29 is 19.1 Å². The van der Waals surface area contributed by atoms with Gasteiger partial charge in [0.25, 0.3) is 0 Å². The number of carbonyl (C=O) groups excluding carboxylic acids is 2. The highest BCUT2D eigenvalue weighted by molar-refractivity contribution is 5.76. The Balaban J connectivity index is 2.02. The van der Waals surface area contributed by atoms with Crippen LogP contribution in [0.25, 0.3) is 0 Å². The third kappa shape index (κ3) is 5.93. The average Bonchev–Trinajstić information content (AvgIpc) is 2.59. The number of rotatable bonds is 5. The number of piperidine rings is 1. The van der Waals surface area contributed by atoms with Gasteiger partial charge in [-0.3, -0.25) is 4.79 Å². The molecule has 144 valence electrons. The fourth-order valence-electron chi connectivity index (χ4n) is 3.08. The number of amides is 1. The van der Waals surface area contributed by atoms with Gasteiger partial charge in [0.15, 0.2) is 0 Å². The first-order valence-corrected chi connectivity index (χ1v) is 9.25. The van der Waals surface area contributed by atoms with Crippen molar-refractivity contribution in [3.8, 4) is 0 Å². The van der Waals surface area contributed by atoms with Crippen molar-refractivity contribution in [1.82, 2.24) is 4.90 Å². The SMILES string of the molecule is CCOC(=O)CN(c1ccccc1)C1CCN(C(=O)OC(C)(C)C)CC1. The summed E-state index contributed by atoms with van der Waals surface area (Å²) in [6.07, 6.45) is 1.30. The number of carbonyl (C=O) groups is 2. The van der Waals surface area contributed by atoms with Crippen LogP contribution in [0.3, 0.4) is 0 Å². The fourth-order valence-corrected chi connectivity index (χ4v) is 3.08. The Bertz CT molecular complexity index is 590. The van der Waals surface area contributed by atoms with Gasteiger partial charge >= 0.3 is 12.1 Å². The third-order valence-electron chi connectivity index (χ3n) is 4.25. The largest absolute Gasteiger partial charge is 0.465 e. The standard InChI is InChI=1S/C20H30N2O4/c1-5-25-18(23)15-22(16-9-7-6-8-10-16)17-11-13-21(14-12-17)19(24)26-20(2,3)4/h6-10,17H,5,11-15H2,1-4H3. The number of para-hydroxylation sites is 1. The van der Waals surface area contributed by atoms with Gasteiger partial charge in [0, 0.05) is 24.8 Å². The van der Waals surface area contributed by atoms with Gasteiger partial charge in [-0.2, -0.15) is 0 Å². The molecule has 1 amide bonds. The van der Waals surface area contributed by atoms with E-state index in [-0.39, 0.29) is 24.6 Å². The van der Waals surface area contributed by atoms with Crippen molar-refractivity contribution >= 4 is 17.7 Å². The molecule has 0 N–H and O–H groups in total. The fraction of sp³-hybridized carbons (Fsp3) is 0.600. The van der Waals surface area contributed by atoms with E-state index in [1.807, 2.05) is 58.0 Å². The van der Waals surface area contributed by atoms with Gasteiger partial charge in [-0.15, -0.1) is 0 Å². The van der Waals surface area contributed by atoms with Crippen LogP contribution in [0.4, 0.5) is 10.5 Å². The normalized spacial score (nSPS) is 15.5. The Hall–Kier alpha value is -2.24. The molecule has 0 aliphatic carbocycles. The summed E-state index contributed by atoms with van der Waals surface area (Å²) >= 11 is 0. The van der Waals surface area contributed by atoms with E-state index in [0.29, 0.717) is 19.7 Å². The van der Waals surface area contributed by atoms with Crippen LogP contribution in [0.5, 0.6) is 0 Å². The second-order valence-corrected chi connectivity index (χ2v) is 7.47. The van der Waals surface area contributed by atoms with E-state index in [1.54, 1.807) is 4.90 Å². The van der Waals surface area contributed by atoms with Crippen LogP contribution in [-0.2, 0) is 14.3 Å². The molecular formula is C20H30N2O4. The molecule has 6 heteroatoms. The third-order valence-corrected chi connectivity index (χ3v) is 4.25. The molecule has 0 unspecified atom stereocenters. The summed E-state index contributed by atoms with van der Waals surface area (Å²) in [5, 5.41) is 0. The van der Waals surface area contributed by atoms with Crippen molar-refractivity contribution in [2.24, 2.45) is 0 Å². The van der Waals surface area contributed by atoms with Crippen molar-refractivity contribution in [3.63, 3.8) is 0 Å². The predicted molar refractivity (Wildman–Crippen MR) is 101 cm³/mol. The number of benzene rings is 1. The molecule has 6 nitrogen and oxygen atoms in total. The lowest BCUT2D eigenvalue weighted by Crippen LogP contribution is -2.49. The first-order valence-electron chi connectivity index (χ1n) is 9.25. The van der Waals surface area contributed by atoms with Crippen LogP contribution in [-0.4, -0.2) is 54.8 Å². The number of hydrogen-bond donors (Lipinski definition) is 0. The highest BCUT2D eigenvalue weighted by Crippen LogP contribution is 2.24. The number of hydrogen-bond acceptors (Lipinski definition) is 5. The molecule has 0 atom stereocenters. The van der Waals surface area contributed by atoms with Crippen molar-refractivity contribution in [1.29, 1.82) is 0 Å². The van der Waals surface area contributed by atoms with Crippen molar-refractivity contribution in [2.75, 3.05) is 31.1 Å². The Kier molecular flexibility index (Phi) is 6.89. The lowest BCUT2D eigenvalue weighted by Gasteiger charge is -2.39. The lowest BCUT2D eigenvalue weighted by atomic mass is 10.0. The Morgan fingerprint density at radius 2 is 1.77 bits per heavy atom. The van der Waals surface area contributed by atoms with Crippen LogP contribution in [0, 0.1) is 0 Å². The topological polar surface area (TPSA) is 59.1 Å². The molecule has 2 rings (SSSR count). The zero-order valence-corrected chi connectivity index (χ0v) is 16.2. The van der Waals surface area contributed by atoms with Crippen molar-refractivity contribution in [2.45, 2.75) is 52.2 Å². The van der Waals surface area contributed by atoms with E-state index >= 15 is 0 Å². The van der Waals surface area contributed by atoms with E-state index in [4.69, 9.17) is 9.47 Å². The summed E-state index contributed by atoms with van der Waals surface area (Å²) in [5.74, 6) is -0.231. The van der Waals surface area contributed by atoms with Crippen LogP contribution < -0.4 is 4.90 Å².